The first-order valence-electron chi connectivity index (χ1n) is 11.8. The Morgan fingerprint density at radius 2 is 1.82 bits per heavy atom. The van der Waals surface area contributed by atoms with Crippen LogP contribution in [-0.4, -0.2) is 42.8 Å². The first-order chi connectivity index (χ1) is 16.2. The number of benzene rings is 2. The minimum atomic E-state index is -0.219. The van der Waals surface area contributed by atoms with Crippen LogP contribution in [0, 0.1) is 0 Å². The van der Waals surface area contributed by atoms with Crippen LogP contribution in [0.1, 0.15) is 52.0 Å². The number of nitrogens with zero attached hydrogens (tertiary/aromatic N) is 1. The second kappa shape index (κ2) is 9.63. The van der Waals surface area contributed by atoms with E-state index in [0.29, 0.717) is 29.7 Å². The fourth-order valence-corrected chi connectivity index (χ4v) is 4.83. The summed E-state index contributed by atoms with van der Waals surface area (Å²) >= 11 is 0. The lowest BCUT2D eigenvalue weighted by Gasteiger charge is -2.15. The van der Waals surface area contributed by atoms with Crippen molar-refractivity contribution in [3.63, 3.8) is 0 Å². The Labute approximate surface area is 194 Å². The molecule has 170 valence electrons. The topological polar surface area (TPSA) is 74.6 Å². The third-order valence-corrected chi connectivity index (χ3v) is 6.55. The molecule has 2 aromatic carbocycles. The molecule has 1 fully saturated rings. The highest BCUT2D eigenvalue weighted by molar-refractivity contribution is 6.12. The van der Waals surface area contributed by atoms with Crippen molar-refractivity contribution in [3.05, 3.63) is 71.5 Å². The summed E-state index contributed by atoms with van der Waals surface area (Å²) in [6, 6.07) is 14.9. The quantitative estimate of drug-likeness (QED) is 0.467. The van der Waals surface area contributed by atoms with E-state index < -0.39 is 0 Å². The van der Waals surface area contributed by atoms with Gasteiger partial charge in [0.25, 0.3) is 5.91 Å². The molecule has 1 aliphatic heterocycles. The van der Waals surface area contributed by atoms with Gasteiger partial charge in [0.1, 0.15) is 5.76 Å². The molecule has 1 aliphatic carbocycles. The van der Waals surface area contributed by atoms with Crippen molar-refractivity contribution in [1.82, 2.24) is 4.90 Å². The Hall–Kier alpha value is -3.38. The molecule has 1 amide bonds. The average Bonchev–Trinajstić information content (AvgIpc) is 3.60. The Balaban J connectivity index is 1.22. The van der Waals surface area contributed by atoms with Crippen LogP contribution in [0.2, 0.25) is 0 Å². The molecule has 33 heavy (non-hydrogen) atoms. The summed E-state index contributed by atoms with van der Waals surface area (Å²) in [5.74, 6) is 0.577. The van der Waals surface area contributed by atoms with Crippen molar-refractivity contribution in [2.24, 2.45) is 0 Å². The van der Waals surface area contributed by atoms with E-state index in [1.165, 1.54) is 25.9 Å². The molecular formula is C27H29N3O3. The van der Waals surface area contributed by atoms with Gasteiger partial charge in [0.15, 0.2) is 5.78 Å². The zero-order valence-corrected chi connectivity index (χ0v) is 18.7. The van der Waals surface area contributed by atoms with E-state index >= 15 is 0 Å². The number of rotatable bonds is 8. The van der Waals surface area contributed by atoms with E-state index in [-0.39, 0.29) is 11.7 Å². The Kier molecular flexibility index (Phi) is 6.26. The van der Waals surface area contributed by atoms with Crippen LogP contribution in [-0.2, 0) is 6.42 Å². The minimum absolute atomic E-state index is 0.0576. The number of Topliss-reactive ketones (excluding diaryl/α,β-unsaturated/α-hetero) is 1. The normalized spacial score (nSPS) is 15.6. The van der Waals surface area contributed by atoms with Gasteiger partial charge in [0.2, 0.25) is 0 Å². The highest BCUT2D eigenvalue weighted by Gasteiger charge is 2.27. The number of hydrogen-bond acceptors (Lipinski definition) is 5. The first kappa shape index (κ1) is 21.5. The fourth-order valence-electron chi connectivity index (χ4n) is 4.83. The van der Waals surface area contributed by atoms with Gasteiger partial charge in [-0.2, -0.15) is 0 Å². The SMILES string of the molecule is O=C(Nc1ccc(-c2ccco2)c2c1C(=O)CC2)c1ccc(NCCCN2CCCC2)cc1. The maximum absolute atomic E-state index is 12.9. The maximum Gasteiger partial charge on any atom is 0.255 e. The molecule has 0 bridgehead atoms. The molecule has 6 heteroatoms. The lowest BCUT2D eigenvalue weighted by atomic mass is 9.99. The molecule has 6 nitrogen and oxygen atoms in total. The number of fused-ring (bicyclic) bond motifs is 1. The van der Waals surface area contributed by atoms with Gasteiger partial charge in [-0.1, -0.05) is 0 Å². The van der Waals surface area contributed by atoms with E-state index in [9.17, 15) is 9.59 Å². The van der Waals surface area contributed by atoms with Crippen LogP contribution in [0.4, 0.5) is 11.4 Å². The van der Waals surface area contributed by atoms with Crippen LogP contribution < -0.4 is 10.6 Å². The van der Waals surface area contributed by atoms with Crippen molar-refractivity contribution in [2.45, 2.75) is 32.1 Å². The summed E-state index contributed by atoms with van der Waals surface area (Å²) < 4.78 is 5.54. The number of likely N-dealkylation sites (tertiary alicyclic amines) is 1. The fraction of sp³-hybridized carbons (Fsp3) is 0.333. The third kappa shape index (κ3) is 4.71. The molecule has 2 N–H and O–H groups in total. The van der Waals surface area contributed by atoms with E-state index in [0.717, 1.165) is 42.1 Å². The second-order valence-corrected chi connectivity index (χ2v) is 8.78. The summed E-state index contributed by atoms with van der Waals surface area (Å²) in [5.41, 5.74) is 4.60. The molecule has 0 unspecified atom stereocenters. The Bertz CT molecular complexity index is 1130. The first-order valence-corrected chi connectivity index (χ1v) is 11.8. The molecule has 2 aliphatic rings. The summed E-state index contributed by atoms with van der Waals surface area (Å²) in [6.45, 7) is 4.50. The van der Waals surface area contributed by atoms with Crippen molar-refractivity contribution >= 4 is 23.1 Å². The number of anilines is 2. The maximum atomic E-state index is 12.9. The van der Waals surface area contributed by atoms with Crippen molar-refractivity contribution in [3.8, 4) is 11.3 Å². The predicted molar refractivity (Wildman–Crippen MR) is 130 cm³/mol. The number of nitrogens with one attached hydrogen (secondary N) is 2. The summed E-state index contributed by atoms with van der Waals surface area (Å²) in [7, 11) is 0. The van der Waals surface area contributed by atoms with Gasteiger partial charge in [-0.25, -0.2) is 0 Å². The van der Waals surface area contributed by atoms with Crippen molar-refractivity contribution < 1.29 is 14.0 Å². The molecule has 1 aromatic heterocycles. The smallest absolute Gasteiger partial charge is 0.255 e. The van der Waals surface area contributed by atoms with Crippen LogP contribution in [0.15, 0.2) is 59.2 Å². The van der Waals surface area contributed by atoms with Gasteiger partial charge in [-0.05, 0) is 99.4 Å². The predicted octanol–water partition coefficient (Wildman–Crippen LogP) is 5.23. The van der Waals surface area contributed by atoms with E-state index in [2.05, 4.69) is 15.5 Å². The highest BCUT2D eigenvalue weighted by Crippen LogP contribution is 2.37. The van der Waals surface area contributed by atoms with E-state index in [4.69, 9.17) is 4.42 Å². The molecule has 1 saturated heterocycles. The molecule has 0 saturated carbocycles. The lowest BCUT2D eigenvalue weighted by molar-refractivity contribution is 0.0995. The number of carbonyl (C=O) groups is 2. The molecule has 0 radical (unpaired) electrons. The van der Waals surface area contributed by atoms with E-state index in [1.807, 2.05) is 42.5 Å². The van der Waals surface area contributed by atoms with E-state index in [1.54, 1.807) is 12.3 Å². The van der Waals surface area contributed by atoms with Gasteiger partial charge < -0.3 is 20.0 Å². The van der Waals surface area contributed by atoms with Gasteiger partial charge in [-0.15, -0.1) is 0 Å². The van der Waals surface area contributed by atoms with Gasteiger partial charge >= 0.3 is 0 Å². The summed E-state index contributed by atoms with van der Waals surface area (Å²) in [6.07, 6.45) is 6.49. The summed E-state index contributed by atoms with van der Waals surface area (Å²) in [5, 5.41) is 6.38. The monoisotopic (exact) mass is 443 g/mol. The molecule has 5 rings (SSSR count). The standard InChI is InChI=1S/C27H29N3O3/c31-24-13-11-22-21(25-5-3-18-33-25)10-12-23(26(22)24)29-27(32)19-6-8-20(9-7-19)28-14-4-17-30-15-1-2-16-30/h3,5-10,12,18,28H,1-2,4,11,13-17H2,(H,29,32). The van der Waals surface area contributed by atoms with Crippen LogP contribution in [0.25, 0.3) is 11.3 Å². The zero-order valence-electron chi connectivity index (χ0n) is 18.7. The molecular weight excluding hydrogens is 414 g/mol. The van der Waals surface area contributed by atoms with Gasteiger partial charge in [0.05, 0.1) is 12.0 Å². The number of hydrogen-bond donors (Lipinski definition) is 2. The number of carbonyl (C=O) groups excluding carboxylic acids is 2. The third-order valence-electron chi connectivity index (χ3n) is 6.55. The molecule has 0 spiro atoms. The number of furan rings is 1. The summed E-state index contributed by atoms with van der Waals surface area (Å²) in [4.78, 5) is 28.0. The average molecular weight is 444 g/mol. The molecule has 3 aromatic rings. The van der Waals surface area contributed by atoms with Crippen molar-refractivity contribution in [1.29, 1.82) is 0 Å². The number of ketones is 1. The molecule has 0 atom stereocenters. The van der Waals surface area contributed by atoms with Gasteiger partial charge in [-0.3, -0.25) is 9.59 Å². The Morgan fingerprint density at radius 3 is 2.58 bits per heavy atom. The Morgan fingerprint density at radius 1 is 1.00 bits per heavy atom. The zero-order chi connectivity index (χ0) is 22.6. The second-order valence-electron chi connectivity index (χ2n) is 8.78. The van der Waals surface area contributed by atoms with Gasteiger partial charge in [0, 0.05) is 35.3 Å². The van der Waals surface area contributed by atoms with Crippen LogP contribution >= 0.6 is 0 Å². The minimum Gasteiger partial charge on any atom is -0.464 e. The van der Waals surface area contributed by atoms with Crippen LogP contribution in [0.5, 0.6) is 0 Å². The lowest BCUT2D eigenvalue weighted by Crippen LogP contribution is -2.22. The largest absolute Gasteiger partial charge is 0.464 e. The highest BCUT2D eigenvalue weighted by atomic mass is 16.3. The number of amides is 1. The van der Waals surface area contributed by atoms with Crippen molar-refractivity contribution in [2.75, 3.05) is 36.8 Å². The molecule has 2 heterocycles. The van der Waals surface area contributed by atoms with Crippen LogP contribution in [0.3, 0.4) is 0 Å².